The fraction of sp³-hybridized carbons (Fsp3) is 0.317. The molecule has 5 heterocycles. The first-order chi connectivity index (χ1) is 22.6. The molecule has 1 aliphatic rings. The Morgan fingerprint density at radius 2 is 0.750 bits per heavy atom. The lowest BCUT2D eigenvalue weighted by molar-refractivity contribution is 0.408. The summed E-state index contributed by atoms with van der Waals surface area (Å²) in [6.45, 7) is 22.7. The monoisotopic (exact) mass is 678 g/mol. The molecule has 0 atom stereocenters. The quantitative estimate of drug-likeness (QED) is 0.171. The van der Waals surface area contributed by atoms with Gasteiger partial charge in [-0.1, -0.05) is 79.7 Å². The minimum atomic E-state index is -0.0824. The highest BCUT2D eigenvalue weighted by atomic mass is 31.1. The van der Waals surface area contributed by atoms with Gasteiger partial charge < -0.3 is 22.1 Å². The van der Waals surface area contributed by atoms with Gasteiger partial charge in [0, 0.05) is 66.1 Å². The third-order valence-electron chi connectivity index (χ3n) is 8.71. The summed E-state index contributed by atoms with van der Waals surface area (Å²) >= 11 is 0. The van der Waals surface area contributed by atoms with Crippen molar-refractivity contribution in [3.05, 3.63) is 156 Å². The summed E-state index contributed by atoms with van der Waals surface area (Å²) in [6.07, 6.45) is 16.5. The van der Waals surface area contributed by atoms with Gasteiger partial charge in [0.15, 0.2) is 0 Å². The van der Waals surface area contributed by atoms with E-state index in [-0.39, 0.29) is 16.2 Å². The van der Waals surface area contributed by atoms with Gasteiger partial charge in [-0.2, -0.15) is 0 Å². The Hall–Kier alpha value is -3.78. The molecule has 2 aromatic carbocycles. The van der Waals surface area contributed by atoms with E-state index >= 15 is 0 Å². The number of hydrogen-bond donors (Lipinski definition) is 0. The van der Waals surface area contributed by atoms with E-state index < -0.39 is 0 Å². The molecule has 0 unspecified atom stereocenters. The van der Waals surface area contributed by atoms with Gasteiger partial charge >= 0.3 is 0 Å². The fourth-order valence-corrected chi connectivity index (χ4v) is 7.49. The van der Waals surface area contributed by atoms with Crippen molar-refractivity contribution in [1.82, 2.24) is 17.4 Å². The van der Waals surface area contributed by atoms with Crippen LogP contribution in [0.3, 0.4) is 0 Å². The minimum absolute atomic E-state index is 0.0824. The number of nitrogens with zero attached hydrogens (tertiary/aromatic N) is 4. The highest BCUT2D eigenvalue weighted by Gasteiger charge is 2.38. The van der Waals surface area contributed by atoms with Crippen LogP contribution < -0.4 is 4.74 Å². The largest absolute Gasteiger partial charge is 0.456 e. The van der Waals surface area contributed by atoms with Crippen molar-refractivity contribution in [3.8, 4) is 11.5 Å². The van der Waals surface area contributed by atoms with Crippen molar-refractivity contribution in [2.45, 2.75) is 85.5 Å². The number of rotatable bonds is 4. The van der Waals surface area contributed by atoms with Gasteiger partial charge in [-0.15, -0.1) is 0 Å². The van der Waals surface area contributed by atoms with Gasteiger partial charge in [-0.05, 0) is 95.5 Å². The van der Waals surface area contributed by atoms with Crippen molar-refractivity contribution in [3.63, 3.8) is 0 Å². The Balaban J connectivity index is 0.000000167. The summed E-state index contributed by atoms with van der Waals surface area (Å²) in [5.41, 5.74) is 7.98. The summed E-state index contributed by atoms with van der Waals surface area (Å²) < 4.78 is 15.1. The van der Waals surface area contributed by atoms with E-state index in [0.717, 1.165) is 11.5 Å². The van der Waals surface area contributed by atoms with E-state index in [1.54, 1.807) is 0 Å². The maximum atomic E-state index is 6.51. The topological polar surface area (TPSA) is 28.9 Å². The molecule has 0 spiro atoms. The van der Waals surface area contributed by atoms with Crippen LogP contribution in [0.25, 0.3) is 0 Å². The molecule has 7 rings (SSSR count). The predicted molar refractivity (Wildman–Crippen MR) is 208 cm³/mol. The van der Waals surface area contributed by atoms with Crippen molar-refractivity contribution in [2.24, 2.45) is 0 Å². The van der Waals surface area contributed by atoms with E-state index in [1.807, 2.05) is 48.5 Å². The number of hydrogen-bond acceptors (Lipinski definition) is 1. The molecule has 1 aliphatic heterocycles. The lowest BCUT2D eigenvalue weighted by Gasteiger charge is -2.38. The van der Waals surface area contributed by atoms with Crippen molar-refractivity contribution < 1.29 is 4.74 Å². The molecule has 0 amide bonds. The molecule has 0 bridgehead atoms. The number of aromatic nitrogens is 4. The van der Waals surface area contributed by atoms with Gasteiger partial charge in [0.05, 0.1) is 17.8 Å². The first-order valence-electron chi connectivity index (χ1n) is 16.7. The van der Waals surface area contributed by atoms with Crippen LogP contribution in [0.2, 0.25) is 0 Å². The van der Waals surface area contributed by atoms with Gasteiger partial charge in [0.2, 0.25) is 0 Å². The van der Waals surface area contributed by atoms with Crippen LogP contribution in [0.4, 0.5) is 0 Å². The molecule has 0 saturated heterocycles. The van der Waals surface area contributed by atoms with Gasteiger partial charge in [0.1, 0.15) is 11.5 Å². The zero-order valence-electron chi connectivity index (χ0n) is 30.2. The smallest absolute Gasteiger partial charge is 0.134 e. The average molecular weight is 679 g/mol. The Morgan fingerprint density at radius 1 is 0.479 bits per heavy atom. The van der Waals surface area contributed by atoms with Crippen LogP contribution in [-0.2, 0) is 16.2 Å². The first kappa shape index (κ1) is 35.5. The molecular formula is C41H52N4OP2. The van der Waals surface area contributed by atoms with E-state index in [0.29, 0.717) is 17.8 Å². The van der Waals surface area contributed by atoms with E-state index in [1.165, 1.54) is 33.4 Å². The second kappa shape index (κ2) is 14.4. The number of aryl methyl sites for hydroxylation is 2. The van der Waals surface area contributed by atoms with Crippen LogP contribution in [0.5, 0.6) is 11.5 Å². The van der Waals surface area contributed by atoms with Crippen molar-refractivity contribution in [1.29, 1.82) is 0 Å². The Kier molecular flexibility index (Phi) is 10.6. The average Bonchev–Trinajstić information content (AvgIpc) is 3.84. The molecule has 0 fully saturated rings. The highest BCUT2D eigenvalue weighted by molar-refractivity contribution is 7.34. The van der Waals surface area contributed by atoms with E-state index in [4.69, 9.17) is 4.74 Å². The molecule has 0 aliphatic carbocycles. The maximum Gasteiger partial charge on any atom is 0.134 e. The zero-order valence-corrected chi connectivity index (χ0v) is 32.2. The summed E-state index contributed by atoms with van der Waals surface area (Å²) in [5, 5.41) is 0. The Morgan fingerprint density at radius 3 is 1.00 bits per heavy atom. The summed E-state index contributed by atoms with van der Waals surface area (Å²) in [6, 6.07) is 25.6. The normalized spacial score (nSPS) is 13.3. The van der Waals surface area contributed by atoms with Crippen LogP contribution in [0, 0.1) is 13.8 Å². The summed E-state index contributed by atoms with van der Waals surface area (Å²) in [7, 11) is 1.32. The molecule has 0 saturated carbocycles. The maximum absolute atomic E-state index is 6.51. The fourth-order valence-electron chi connectivity index (χ4n) is 5.73. The first-order valence-corrected chi connectivity index (χ1v) is 18.5. The molecule has 0 N–H and O–H groups in total. The molecule has 4 aromatic heterocycles. The number of ether oxygens (including phenoxy) is 1. The van der Waals surface area contributed by atoms with Gasteiger partial charge in [-0.25, -0.2) is 0 Å². The lowest BCUT2D eigenvalue weighted by atomic mass is 9.71. The third kappa shape index (κ3) is 8.43. The second-order valence-corrected chi connectivity index (χ2v) is 17.6. The number of fused-ring (bicyclic) bond motifs is 2. The van der Waals surface area contributed by atoms with Crippen LogP contribution in [0.15, 0.2) is 122 Å². The molecule has 6 aromatic rings. The lowest BCUT2D eigenvalue weighted by Crippen LogP contribution is -2.27. The molecule has 7 heteroatoms. The molecule has 252 valence electrons. The van der Waals surface area contributed by atoms with Gasteiger partial charge in [0.25, 0.3) is 0 Å². The Labute approximate surface area is 291 Å². The molecular weight excluding hydrogens is 626 g/mol. The van der Waals surface area contributed by atoms with Gasteiger partial charge in [-0.3, -0.25) is 0 Å². The minimum Gasteiger partial charge on any atom is -0.456 e. The second-order valence-electron chi connectivity index (χ2n) is 15.1. The highest BCUT2D eigenvalue weighted by Crippen LogP contribution is 2.52. The number of benzene rings is 2. The van der Waals surface area contributed by atoms with Crippen LogP contribution in [-0.4, -0.2) is 17.4 Å². The SMILES string of the molecule is Cc1cc(C(C)(C)C)cc2c1Oc1c(C)cc(C(C)(C)C)cc1C2(C)C.c1ccn(Pn2cccc2)c1.c1ccn(Pn2cccc2)c1. The van der Waals surface area contributed by atoms with Crippen molar-refractivity contribution >= 4 is 17.8 Å². The standard InChI is InChI=1S/C25H34O.2C8H9N2P/c1-15-11-17(23(3,4)5)13-19-21(15)26-22-16(2)12-18(24(6,7)8)14-20(22)25(19,9)10;2*1-2-6-9(5-1)11-10-7-3-4-8-10/h11-14H,1-10H3;2*1-8,11H. The van der Waals surface area contributed by atoms with Crippen LogP contribution >= 0.6 is 17.8 Å². The molecule has 0 radical (unpaired) electrons. The third-order valence-corrected chi connectivity index (χ3v) is 10.8. The predicted octanol–water partition coefficient (Wildman–Crippen LogP) is 11.7. The Bertz CT molecular complexity index is 1680. The molecule has 48 heavy (non-hydrogen) atoms. The van der Waals surface area contributed by atoms with E-state index in [9.17, 15) is 0 Å². The zero-order chi connectivity index (χ0) is 34.7. The van der Waals surface area contributed by atoms with E-state index in [2.05, 4.69) is 160 Å². The summed E-state index contributed by atoms with van der Waals surface area (Å²) in [4.78, 5) is 0. The van der Waals surface area contributed by atoms with Crippen LogP contribution in [0.1, 0.15) is 88.8 Å². The van der Waals surface area contributed by atoms with Crippen molar-refractivity contribution in [2.75, 3.05) is 0 Å². The summed E-state index contributed by atoms with van der Waals surface area (Å²) in [5.74, 6) is 2.09. The molecule has 5 nitrogen and oxygen atoms in total.